The highest BCUT2D eigenvalue weighted by Gasteiger charge is 2.62. The zero-order valence-electron chi connectivity index (χ0n) is 13.4. The quantitative estimate of drug-likeness (QED) is 0.817. The predicted molar refractivity (Wildman–Crippen MR) is 91.0 cm³/mol. The molecular formula is C17H19N3O2S. The number of benzene rings is 1. The number of aromatic nitrogens is 2. The molecule has 2 heterocycles. The van der Waals surface area contributed by atoms with Crippen molar-refractivity contribution >= 4 is 29.0 Å². The van der Waals surface area contributed by atoms with E-state index in [4.69, 9.17) is 12.2 Å². The van der Waals surface area contributed by atoms with Gasteiger partial charge in [-0.1, -0.05) is 13.8 Å². The van der Waals surface area contributed by atoms with Crippen molar-refractivity contribution < 1.29 is 4.79 Å². The molecule has 2 fully saturated rings. The first-order valence-corrected chi connectivity index (χ1v) is 8.24. The third-order valence-electron chi connectivity index (χ3n) is 5.76. The van der Waals surface area contributed by atoms with Crippen LogP contribution in [0.2, 0.25) is 0 Å². The van der Waals surface area contributed by atoms with Gasteiger partial charge in [-0.25, -0.2) is 0 Å². The number of aromatic amines is 1. The smallest absolute Gasteiger partial charge is 0.261 e. The van der Waals surface area contributed by atoms with Crippen molar-refractivity contribution in [2.45, 2.75) is 13.8 Å². The molecular weight excluding hydrogens is 310 g/mol. The molecule has 1 aromatic carbocycles. The molecule has 1 N–H and O–H groups in total. The van der Waals surface area contributed by atoms with Gasteiger partial charge in [-0.15, -0.1) is 0 Å². The molecule has 4 rings (SSSR count). The van der Waals surface area contributed by atoms with E-state index in [1.54, 1.807) is 25.2 Å². The minimum Gasteiger partial charge on any atom is -0.338 e. The second-order valence-electron chi connectivity index (χ2n) is 7.30. The number of amides is 1. The first kappa shape index (κ1) is 14.6. The van der Waals surface area contributed by atoms with Gasteiger partial charge in [-0.05, 0) is 47.7 Å². The Morgan fingerprint density at radius 3 is 2.61 bits per heavy atom. The number of nitrogens with one attached hydrogen (secondary N) is 1. The molecule has 0 bridgehead atoms. The van der Waals surface area contributed by atoms with Gasteiger partial charge in [0.25, 0.3) is 11.5 Å². The number of carbonyl (C=O) groups is 1. The second-order valence-corrected chi connectivity index (χ2v) is 7.69. The number of carbonyl (C=O) groups excluding carboxylic acids is 1. The minimum atomic E-state index is -0.146. The zero-order valence-corrected chi connectivity index (χ0v) is 14.2. The minimum absolute atomic E-state index is 0.0369. The zero-order chi connectivity index (χ0) is 16.5. The van der Waals surface area contributed by atoms with Crippen LogP contribution in [-0.2, 0) is 7.05 Å². The van der Waals surface area contributed by atoms with Crippen LogP contribution in [0.1, 0.15) is 24.2 Å². The maximum Gasteiger partial charge on any atom is 0.261 e. The Balaban J connectivity index is 1.68. The summed E-state index contributed by atoms with van der Waals surface area (Å²) in [5.74, 6) is 1.30. The molecule has 2 aromatic rings. The van der Waals surface area contributed by atoms with Gasteiger partial charge in [-0.2, -0.15) is 0 Å². The highest BCUT2D eigenvalue weighted by atomic mass is 32.1. The van der Waals surface area contributed by atoms with Crippen molar-refractivity contribution in [1.82, 2.24) is 14.5 Å². The van der Waals surface area contributed by atoms with E-state index in [9.17, 15) is 9.59 Å². The van der Waals surface area contributed by atoms with Crippen molar-refractivity contribution in [3.63, 3.8) is 0 Å². The first-order chi connectivity index (χ1) is 10.8. The van der Waals surface area contributed by atoms with Gasteiger partial charge < -0.3 is 9.88 Å². The lowest BCUT2D eigenvalue weighted by Crippen LogP contribution is -2.32. The van der Waals surface area contributed by atoms with Crippen LogP contribution in [-0.4, -0.2) is 33.4 Å². The van der Waals surface area contributed by atoms with E-state index in [0.29, 0.717) is 38.5 Å². The number of fused-ring (bicyclic) bond motifs is 2. The number of nitrogens with zero attached hydrogens (tertiary/aromatic N) is 2. The molecule has 2 unspecified atom stereocenters. The lowest BCUT2D eigenvalue weighted by molar-refractivity contribution is 0.0758. The summed E-state index contributed by atoms with van der Waals surface area (Å²) < 4.78 is 1.76. The van der Waals surface area contributed by atoms with Crippen LogP contribution in [0.5, 0.6) is 0 Å². The number of hydrogen-bond acceptors (Lipinski definition) is 3. The van der Waals surface area contributed by atoms with Crippen LogP contribution < -0.4 is 5.56 Å². The first-order valence-electron chi connectivity index (χ1n) is 7.83. The fraction of sp³-hybridized carbons (Fsp3) is 0.471. The Kier molecular flexibility index (Phi) is 2.89. The summed E-state index contributed by atoms with van der Waals surface area (Å²) in [7, 11) is 1.64. The molecule has 1 aliphatic carbocycles. The monoisotopic (exact) mass is 329 g/mol. The standard InChI is InChI=1S/C17H19N3O2S/c1-17(2)11-7-20(8-12(11)17)14(21)9-4-5-10-13(6-9)18-16(23)19(3)15(10)22/h4-6,11-12H,7-8H2,1-3H3,(H,18,23). The van der Waals surface area contributed by atoms with Crippen LogP contribution in [0.25, 0.3) is 10.9 Å². The molecule has 5 nitrogen and oxygen atoms in total. The molecule has 0 spiro atoms. The predicted octanol–water partition coefficient (Wildman–Crippen LogP) is 2.32. The Hall–Kier alpha value is -1.95. The average molecular weight is 329 g/mol. The Morgan fingerprint density at radius 2 is 1.96 bits per heavy atom. The molecule has 1 aromatic heterocycles. The highest BCUT2D eigenvalue weighted by Crippen LogP contribution is 2.62. The largest absolute Gasteiger partial charge is 0.338 e. The summed E-state index contributed by atoms with van der Waals surface area (Å²) in [5, 5.41) is 0.544. The van der Waals surface area contributed by atoms with Crippen LogP contribution >= 0.6 is 12.2 Å². The molecule has 1 aliphatic heterocycles. The molecule has 1 amide bonds. The van der Waals surface area contributed by atoms with Crippen LogP contribution in [0.15, 0.2) is 23.0 Å². The third kappa shape index (κ3) is 2.01. The summed E-state index contributed by atoms with van der Waals surface area (Å²) in [6, 6.07) is 5.18. The van der Waals surface area contributed by atoms with E-state index in [1.165, 1.54) is 4.57 Å². The van der Waals surface area contributed by atoms with Crippen LogP contribution in [0, 0.1) is 22.0 Å². The Morgan fingerprint density at radius 1 is 1.30 bits per heavy atom. The molecule has 0 radical (unpaired) electrons. The van der Waals surface area contributed by atoms with Gasteiger partial charge in [0, 0.05) is 25.7 Å². The summed E-state index contributed by atoms with van der Waals surface area (Å²) in [6.07, 6.45) is 0. The molecule has 120 valence electrons. The number of hydrogen-bond donors (Lipinski definition) is 1. The summed E-state index contributed by atoms with van der Waals surface area (Å²) in [5.41, 5.74) is 1.47. The number of rotatable bonds is 1. The average Bonchev–Trinajstić information content (AvgIpc) is 2.90. The summed E-state index contributed by atoms with van der Waals surface area (Å²) in [6.45, 7) is 6.22. The second kappa shape index (κ2) is 4.54. The third-order valence-corrected chi connectivity index (χ3v) is 6.13. The Labute approximate surface area is 138 Å². The van der Waals surface area contributed by atoms with Crippen LogP contribution in [0.3, 0.4) is 0 Å². The fourth-order valence-corrected chi connectivity index (χ4v) is 4.11. The van der Waals surface area contributed by atoms with Crippen molar-refractivity contribution in [3.05, 3.63) is 38.9 Å². The van der Waals surface area contributed by atoms with Gasteiger partial charge in [-0.3, -0.25) is 14.2 Å². The van der Waals surface area contributed by atoms with E-state index >= 15 is 0 Å². The van der Waals surface area contributed by atoms with Crippen LogP contribution in [0.4, 0.5) is 0 Å². The van der Waals surface area contributed by atoms with E-state index in [0.717, 1.165) is 13.1 Å². The molecule has 1 saturated carbocycles. The number of piperidine rings is 1. The lowest BCUT2D eigenvalue weighted by Gasteiger charge is -2.22. The van der Waals surface area contributed by atoms with E-state index < -0.39 is 0 Å². The SMILES string of the molecule is Cn1c(=S)[nH]c2cc(C(=O)N3CC4C(C3)C4(C)C)ccc2c1=O. The molecule has 6 heteroatoms. The maximum atomic E-state index is 12.7. The van der Waals surface area contributed by atoms with Crippen molar-refractivity contribution in [3.8, 4) is 0 Å². The maximum absolute atomic E-state index is 12.7. The van der Waals surface area contributed by atoms with Gasteiger partial charge in [0.05, 0.1) is 10.9 Å². The number of likely N-dealkylation sites (tertiary alicyclic amines) is 1. The molecule has 2 aliphatic rings. The van der Waals surface area contributed by atoms with E-state index in [1.807, 2.05) is 4.90 Å². The Bertz CT molecular complexity index is 942. The molecule has 2 atom stereocenters. The lowest BCUT2D eigenvalue weighted by atomic mass is 10.1. The van der Waals surface area contributed by atoms with Gasteiger partial charge in [0.15, 0.2) is 4.77 Å². The van der Waals surface area contributed by atoms with Gasteiger partial charge in [0.1, 0.15) is 0 Å². The molecule has 1 saturated heterocycles. The van der Waals surface area contributed by atoms with Crippen molar-refractivity contribution in [2.75, 3.05) is 13.1 Å². The van der Waals surface area contributed by atoms with E-state index in [2.05, 4.69) is 18.8 Å². The highest BCUT2D eigenvalue weighted by molar-refractivity contribution is 7.71. The van der Waals surface area contributed by atoms with E-state index in [-0.39, 0.29) is 11.5 Å². The van der Waals surface area contributed by atoms with Crippen molar-refractivity contribution in [1.29, 1.82) is 0 Å². The topological polar surface area (TPSA) is 58.1 Å². The summed E-state index contributed by atoms with van der Waals surface area (Å²) in [4.78, 5) is 29.8. The van der Waals surface area contributed by atoms with Gasteiger partial charge in [0.2, 0.25) is 0 Å². The fourth-order valence-electron chi connectivity index (χ4n) is 3.92. The summed E-state index contributed by atoms with van der Waals surface area (Å²) >= 11 is 5.14. The number of H-pyrrole nitrogens is 1. The molecule has 23 heavy (non-hydrogen) atoms. The van der Waals surface area contributed by atoms with Gasteiger partial charge >= 0.3 is 0 Å². The van der Waals surface area contributed by atoms with Crippen molar-refractivity contribution in [2.24, 2.45) is 24.3 Å². The normalized spacial score (nSPS) is 24.7.